The summed E-state index contributed by atoms with van der Waals surface area (Å²) in [5.74, 6) is -1.07. The van der Waals surface area contributed by atoms with Gasteiger partial charge in [-0.15, -0.1) is 0 Å². The Bertz CT molecular complexity index is 434. The lowest BCUT2D eigenvalue weighted by Gasteiger charge is -2.18. The fourth-order valence-electron chi connectivity index (χ4n) is 1.54. The topological polar surface area (TPSA) is 58.6 Å². The first kappa shape index (κ1) is 15.3. The summed E-state index contributed by atoms with van der Waals surface area (Å²) < 4.78 is 43.0. The van der Waals surface area contributed by atoms with Crippen LogP contribution in [0.15, 0.2) is 24.3 Å². The molecule has 2 N–H and O–H groups in total. The Hall–Kier alpha value is -1.76. The molecule has 0 aromatic heterocycles. The molecule has 0 saturated carbocycles. The van der Waals surface area contributed by atoms with Crippen molar-refractivity contribution < 1.29 is 27.8 Å². The van der Waals surface area contributed by atoms with Gasteiger partial charge in [-0.05, 0) is 12.1 Å². The van der Waals surface area contributed by atoms with Gasteiger partial charge >= 0.3 is 12.1 Å². The molecular weight excluding hydrogens is 263 g/mol. The zero-order valence-corrected chi connectivity index (χ0v) is 10.2. The van der Waals surface area contributed by atoms with Gasteiger partial charge in [-0.25, -0.2) is 0 Å². The van der Waals surface area contributed by atoms with Crippen molar-refractivity contribution in [1.29, 1.82) is 0 Å². The second kappa shape index (κ2) is 6.42. The Labute approximate surface area is 108 Å². The van der Waals surface area contributed by atoms with Crippen molar-refractivity contribution in [3.8, 4) is 0 Å². The van der Waals surface area contributed by atoms with E-state index in [2.05, 4.69) is 5.32 Å². The summed E-state index contributed by atoms with van der Waals surface area (Å²) in [4.78, 5) is 10.5. The lowest BCUT2D eigenvalue weighted by atomic mass is 10.1. The predicted molar refractivity (Wildman–Crippen MR) is 63.0 cm³/mol. The van der Waals surface area contributed by atoms with Crippen LogP contribution in [0.1, 0.15) is 12.0 Å². The molecule has 0 spiro atoms. The van der Waals surface area contributed by atoms with Crippen molar-refractivity contribution in [2.24, 2.45) is 0 Å². The zero-order valence-electron chi connectivity index (χ0n) is 10.2. The summed E-state index contributed by atoms with van der Waals surface area (Å²) >= 11 is 0. The van der Waals surface area contributed by atoms with E-state index in [0.717, 1.165) is 6.07 Å². The molecule has 0 fully saturated rings. The first-order valence-electron chi connectivity index (χ1n) is 5.49. The lowest BCUT2D eigenvalue weighted by Crippen LogP contribution is -2.25. The third kappa shape index (κ3) is 4.78. The van der Waals surface area contributed by atoms with Gasteiger partial charge in [0.25, 0.3) is 0 Å². The Morgan fingerprint density at radius 1 is 1.42 bits per heavy atom. The predicted octanol–water partition coefficient (Wildman–Crippen LogP) is 2.61. The molecule has 0 bridgehead atoms. The third-order valence-electron chi connectivity index (χ3n) is 2.49. The number of anilines is 1. The number of carboxylic acids is 1. The monoisotopic (exact) mass is 277 g/mol. The Balaban J connectivity index is 2.74. The molecule has 0 aliphatic rings. The number of methoxy groups -OCH3 is 1. The van der Waals surface area contributed by atoms with Gasteiger partial charge in [-0.1, -0.05) is 12.1 Å². The van der Waals surface area contributed by atoms with E-state index in [9.17, 15) is 18.0 Å². The molecule has 1 unspecified atom stereocenters. The van der Waals surface area contributed by atoms with Crippen molar-refractivity contribution in [2.75, 3.05) is 19.0 Å². The first-order chi connectivity index (χ1) is 8.84. The van der Waals surface area contributed by atoms with Crippen LogP contribution in [0.4, 0.5) is 18.9 Å². The van der Waals surface area contributed by atoms with Crippen molar-refractivity contribution in [3.63, 3.8) is 0 Å². The number of carbonyl (C=O) groups is 1. The number of ether oxygens (including phenoxy) is 1. The second-order valence-corrected chi connectivity index (χ2v) is 3.88. The average Bonchev–Trinajstić information content (AvgIpc) is 2.33. The highest BCUT2D eigenvalue weighted by atomic mass is 19.4. The SMILES string of the molecule is COC(CNc1ccccc1C(F)(F)F)CC(=O)O. The molecule has 1 atom stereocenters. The minimum atomic E-state index is -4.46. The Morgan fingerprint density at radius 3 is 2.58 bits per heavy atom. The average molecular weight is 277 g/mol. The molecule has 0 radical (unpaired) electrons. The van der Waals surface area contributed by atoms with Gasteiger partial charge in [0.1, 0.15) is 0 Å². The number of alkyl halides is 3. The molecular formula is C12H14F3NO3. The van der Waals surface area contributed by atoms with Gasteiger partial charge in [0.2, 0.25) is 0 Å². The molecule has 1 aromatic carbocycles. The highest BCUT2D eigenvalue weighted by molar-refractivity contribution is 5.67. The number of nitrogens with one attached hydrogen (secondary N) is 1. The fraction of sp³-hybridized carbons (Fsp3) is 0.417. The van der Waals surface area contributed by atoms with Crippen LogP contribution in [0.2, 0.25) is 0 Å². The maximum absolute atomic E-state index is 12.7. The van der Waals surface area contributed by atoms with E-state index in [1.54, 1.807) is 0 Å². The molecule has 4 nitrogen and oxygen atoms in total. The fourth-order valence-corrected chi connectivity index (χ4v) is 1.54. The van der Waals surface area contributed by atoms with Crippen LogP contribution in [0.3, 0.4) is 0 Å². The number of aliphatic carboxylic acids is 1. The van der Waals surface area contributed by atoms with Crippen LogP contribution >= 0.6 is 0 Å². The second-order valence-electron chi connectivity index (χ2n) is 3.88. The standard InChI is InChI=1S/C12H14F3NO3/c1-19-8(6-11(17)18)7-16-10-5-3-2-4-9(10)12(13,14)15/h2-5,8,16H,6-7H2,1H3,(H,17,18). The van der Waals surface area contributed by atoms with Gasteiger partial charge in [-0.3, -0.25) is 4.79 Å². The highest BCUT2D eigenvalue weighted by Crippen LogP contribution is 2.34. The molecule has 7 heteroatoms. The Morgan fingerprint density at radius 2 is 2.05 bits per heavy atom. The molecule has 106 valence electrons. The molecule has 1 rings (SSSR count). The third-order valence-corrected chi connectivity index (χ3v) is 2.49. The minimum Gasteiger partial charge on any atom is -0.481 e. The minimum absolute atomic E-state index is 0.0180. The molecule has 0 heterocycles. The first-order valence-corrected chi connectivity index (χ1v) is 5.49. The molecule has 19 heavy (non-hydrogen) atoms. The van der Waals surface area contributed by atoms with Crippen molar-refractivity contribution in [3.05, 3.63) is 29.8 Å². The molecule has 0 saturated heterocycles. The van der Waals surface area contributed by atoms with E-state index in [-0.39, 0.29) is 18.7 Å². The summed E-state index contributed by atoms with van der Waals surface area (Å²) in [5.41, 5.74) is -0.886. The normalized spacial score (nSPS) is 13.1. The van der Waals surface area contributed by atoms with E-state index in [0.29, 0.717) is 0 Å². The van der Waals surface area contributed by atoms with Gasteiger partial charge in [0.05, 0.1) is 18.1 Å². The van der Waals surface area contributed by atoms with Crippen LogP contribution in [0.25, 0.3) is 0 Å². The summed E-state index contributed by atoms with van der Waals surface area (Å²) in [6.07, 6.45) is -5.44. The molecule has 1 aromatic rings. The molecule has 0 amide bonds. The van der Waals surface area contributed by atoms with Gasteiger partial charge < -0.3 is 15.2 Å². The summed E-state index contributed by atoms with van der Waals surface area (Å²) in [7, 11) is 1.31. The van der Waals surface area contributed by atoms with Crippen molar-refractivity contribution in [2.45, 2.75) is 18.7 Å². The Kier molecular flexibility index (Phi) is 5.17. The van der Waals surface area contributed by atoms with E-state index in [1.807, 2.05) is 0 Å². The zero-order chi connectivity index (χ0) is 14.5. The number of benzene rings is 1. The smallest absolute Gasteiger partial charge is 0.418 e. The number of hydrogen-bond acceptors (Lipinski definition) is 3. The van der Waals surface area contributed by atoms with E-state index >= 15 is 0 Å². The number of hydrogen-bond donors (Lipinski definition) is 2. The number of halogens is 3. The summed E-state index contributed by atoms with van der Waals surface area (Å²) in [6.45, 7) is -0.0180. The van der Waals surface area contributed by atoms with E-state index in [1.165, 1.54) is 25.3 Å². The maximum atomic E-state index is 12.7. The molecule has 0 aliphatic carbocycles. The van der Waals surface area contributed by atoms with E-state index < -0.39 is 23.8 Å². The van der Waals surface area contributed by atoms with E-state index in [4.69, 9.17) is 9.84 Å². The van der Waals surface area contributed by atoms with Crippen molar-refractivity contribution >= 4 is 11.7 Å². The largest absolute Gasteiger partial charge is 0.481 e. The van der Waals surface area contributed by atoms with Crippen LogP contribution < -0.4 is 5.32 Å². The van der Waals surface area contributed by atoms with Gasteiger partial charge in [-0.2, -0.15) is 13.2 Å². The maximum Gasteiger partial charge on any atom is 0.418 e. The number of carboxylic acid groups (broad SMARTS) is 1. The highest BCUT2D eigenvalue weighted by Gasteiger charge is 2.33. The van der Waals surface area contributed by atoms with Crippen LogP contribution in [0, 0.1) is 0 Å². The quantitative estimate of drug-likeness (QED) is 0.839. The molecule has 0 aliphatic heterocycles. The summed E-state index contributed by atoms with van der Waals surface area (Å²) in [6, 6.07) is 5.01. The number of para-hydroxylation sites is 1. The van der Waals surface area contributed by atoms with Gasteiger partial charge in [0, 0.05) is 19.3 Å². The lowest BCUT2D eigenvalue weighted by molar-refractivity contribution is -0.140. The van der Waals surface area contributed by atoms with Crippen LogP contribution in [0.5, 0.6) is 0 Å². The summed E-state index contributed by atoms with van der Waals surface area (Å²) in [5, 5.41) is 11.2. The number of rotatable bonds is 6. The van der Waals surface area contributed by atoms with Crippen molar-refractivity contribution in [1.82, 2.24) is 0 Å². The van der Waals surface area contributed by atoms with Crippen LogP contribution in [-0.2, 0) is 15.7 Å². The van der Waals surface area contributed by atoms with Crippen LogP contribution in [-0.4, -0.2) is 30.8 Å². The van der Waals surface area contributed by atoms with Gasteiger partial charge in [0.15, 0.2) is 0 Å².